The Kier molecular flexibility index (Phi) is 7.06. The number of hydrogen-bond acceptors (Lipinski definition) is 9. The van der Waals surface area contributed by atoms with Crippen molar-refractivity contribution in [1.29, 1.82) is 0 Å². The summed E-state index contributed by atoms with van der Waals surface area (Å²) in [5, 5.41) is 11.2. The Morgan fingerprint density at radius 1 is 1.07 bits per heavy atom. The first kappa shape index (κ1) is 23.0. The molecular weight excluding hydrogens is 440 g/mol. The van der Waals surface area contributed by atoms with Crippen LogP contribution >= 0.6 is 18.0 Å². The molecule has 0 saturated heterocycles. The summed E-state index contributed by atoms with van der Waals surface area (Å²) >= 11 is 0.747. The standard InChI is InChI=1S/C18H18N3O6PS.Na/c1-24-12-5-4-10(8-15(12)29-28(3,22)23)16-17(20-21-19-16)11-6-13(25-2)18-14(7-11)26-9-27-18;/h4-8H,9H2,1-3H3,(H,22,23)(H,19,20,21);/q;+1/p-1. The third-order valence-electron chi connectivity index (χ3n) is 4.18. The van der Waals surface area contributed by atoms with Gasteiger partial charge in [0.2, 0.25) is 12.5 Å². The van der Waals surface area contributed by atoms with E-state index in [0.717, 1.165) is 11.4 Å². The van der Waals surface area contributed by atoms with E-state index in [2.05, 4.69) is 15.4 Å². The third kappa shape index (κ3) is 4.64. The SMILES string of the molecule is COc1ccc(-c2n[nH]nc2-c2cc(OC)c3c(c2)OCO3)cc1SP(C)(=O)[O-].[Na+]. The van der Waals surface area contributed by atoms with Gasteiger partial charge in [0, 0.05) is 11.1 Å². The van der Waals surface area contributed by atoms with E-state index in [1.54, 1.807) is 37.4 Å². The van der Waals surface area contributed by atoms with E-state index in [-0.39, 0.29) is 36.4 Å². The summed E-state index contributed by atoms with van der Waals surface area (Å²) in [6.07, 6.45) is 0. The van der Waals surface area contributed by atoms with Crippen molar-refractivity contribution in [1.82, 2.24) is 15.4 Å². The molecule has 1 aliphatic rings. The smallest absolute Gasteiger partial charge is 0.791 e. The van der Waals surface area contributed by atoms with Gasteiger partial charge in [0.05, 0.1) is 25.7 Å². The van der Waals surface area contributed by atoms with E-state index in [1.165, 1.54) is 13.8 Å². The number of benzene rings is 2. The minimum atomic E-state index is -3.62. The predicted octanol–water partition coefficient (Wildman–Crippen LogP) is 0.164. The molecule has 4 rings (SSSR count). The molecule has 0 aliphatic carbocycles. The Hall–Kier alpha value is -1.68. The van der Waals surface area contributed by atoms with Crippen molar-refractivity contribution >= 4 is 18.0 Å². The van der Waals surface area contributed by atoms with Gasteiger partial charge in [-0.1, -0.05) is 11.4 Å². The molecule has 12 heteroatoms. The summed E-state index contributed by atoms with van der Waals surface area (Å²) in [6.45, 7) is -2.33. The van der Waals surface area contributed by atoms with Crippen LogP contribution < -0.4 is 53.4 Å². The first-order chi connectivity index (χ1) is 13.9. The number of nitrogens with zero attached hydrogens (tertiary/aromatic N) is 2. The van der Waals surface area contributed by atoms with Crippen LogP contribution in [0.5, 0.6) is 23.0 Å². The molecule has 0 fully saturated rings. The van der Waals surface area contributed by atoms with Crippen molar-refractivity contribution in [2.45, 2.75) is 4.90 Å². The molecule has 0 amide bonds. The van der Waals surface area contributed by atoms with Gasteiger partial charge in [-0.3, -0.25) is 0 Å². The monoisotopic (exact) mass is 457 g/mol. The van der Waals surface area contributed by atoms with Crippen LogP contribution in [0.15, 0.2) is 35.2 Å². The van der Waals surface area contributed by atoms with Crippen LogP contribution in [0.3, 0.4) is 0 Å². The second-order valence-electron chi connectivity index (χ2n) is 6.16. The molecule has 0 spiro atoms. The topological polar surface area (TPSA) is 119 Å². The summed E-state index contributed by atoms with van der Waals surface area (Å²) in [5.41, 5.74) is 2.50. The molecule has 1 N–H and O–H groups in total. The molecule has 1 aromatic heterocycles. The second kappa shape index (κ2) is 9.21. The van der Waals surface area contributed by atoms with Crippen LogP contribution in [-0.2, 0) is 4.57 Å². The van der Waals surface area contributed by atoms with Crippen molar-refractivity contribution in [3.05, 3.63) is 30.3 Å². The molecule has 1 atom stereocenters. The Morgan fingerprint density at radius 3 is 2.43 bits per heavy atom. The number of rotatable bonds is 6. The number of fused-ring (bicyclic) bond motifs is 1. The Bertz CT molecular complexity index is 1120. The minimum absolute atomic E-state index is 0. The molecular formula is C18H17N3NaO6PS. The van der Waals surface area contributed by atoms with Crippen molar-refractivity contribution in [3.8, 4) is 45.5 Å². The Labute approximate surface area is 198 Å². The van der Waals surface area contributed by atoms with E-state index in [9.17, 15) is 9.46 Å². The van der Waals surface area contributed by atoms with Gasteiger partial charge >= 0.3 is 29.6 Å². The predicted molar refractivity (Wildman–Crippen MR) is 106 cm³/mol. The van der Waals surface area contributed by atoms with Gasteiger partial charge in [-0.05, 0) is 37.0 Å². The summed E-state index contributed by atoms with van der Waals surface area (Å²) in [5.74, 6) is 2.08. The normalized spacial score (nSPS) is 14.0. The summed E-state index contributed by atoms with van der Waals surface area (Å²) in [4.78, 5) is 12.3. The van der Waals surface area contributed by atoms with E-state index < -0.39 is 6.57 Å². The van der Waals surface area contributed by atoms with Crippen molar-refractivity contribution in [3.63, 3.8) is 0 Å². The molecule has 2 heterocycles. The number of H-pyrrole nitrogens is 1. The molecule has 3 aromatic rings. The largest absolute Gasteiger partial charge is 1.00 e. The van der Waals surface area contributed by atoms with Gasteiger partial charge in [0.1, 0.15) is 17.1 Å². The summed E-state index contributed by atoms with van der Waals surface area (Å²) < 4.78 is 33.4. The molecule has 1 aliphatic heterocycles. The quantitative estimate of drug-likeness (QED) is 0.408. The average Bonchev–Trinajstić information content (AvgIpc) is 3.35. The molecule has 1 unspecified atom stereocenters. The summed E-state index contributed by atoms with van der Waals surface area (Å²) in [7, 11) is 3.04. The third-order valence-corrected chi connectivity index (χ3v) is 6.61. The van der Waals surface area contributed by atoms with E-state index in [4.69, 9.17) is 18.9 Å². The van der Waals surface area contributed by atoms with Crippen LogP contribution in [0.25, 0.3) is 22.5 Å². The molecule has 0 saturated carbocycles. The van der Waals surface area contributed by atoms with Gasteiger partial charge in [0.25, 0.3) is 0 Å². The van der Waals surface area contributed by atoms with E-state index in [0.29, 0.717) is 50.4 Å². The number of ether oxygens (including phenoxy) is 4. The zero-order valence-electron chi connectivity index (χ0n) is 16.8. The van der Waals surface area contributed by atoms with Gasteiger partial charge in [-0.2, -0.15) is 15.4 Å². The van der Waals surface area contributed by atoms with Gasteiger partial charge in [0.15, 0.2) is 11.5 Å². The van der Waals surface area contributed by atoms with Crippen LogP contribution in [-0.4, -0.2) is 43.1 Å². The van der Waals surface area contributed by atoms with Crippen LogP contribution in [0.1, 0.15) is 0 Å². The van der Waals surface area contributed by atoms with E-state index >= 15 is 0 Å². The molecule has 2 aromatic carbocycles. The first-order valence-electron chi connectivity index (χ1n) is 8.45. The maximum Gasteiger partial charge on any atom is 1.00 e. The fourth-order valence-corrected chi connectivity index (χ4v) is 5.25. The fourth-order valence-electron chi connectivity index (χ4n) is 2.97. The number of methoxy groups -OCH3 is 2. The molecule has 0 bridgehead atoms. The average molecular weight is 457 g/mol. The number of hydrogen-bond donors (Lipinski definition) is 1. The van der Waals surface area contributed by atoms with Gasteiger partial charge in [-0.25, -0.2) is 0 Å². The summed E-state index contributed by atoms with van der Waals surface area (Å²) in [6, 6.07) is 8.78. The Balaban J connectivity index is 0.00000256. The number of nitrogens with one attached hydrogen (secondary N) is 1. The first-order valence-corrected chi connectivity index (χ1v) is 11.9. The zero-order chi connectivity index (χ0) is 20.6. The zero-order valence-corrected chi connectivity index (χ0v) is 20.5. The second-order valence-corrected chi connectivity index (χ2v) is 10.9. The van der Waals surface area contributed by atoms with Crippen molar-refractivity contribution in [2.75, 3.05) is 27.7 Å². The van der Waals surface area contributed by atoms with Crippen molar-refractivity contribution < 1.29 is 58.0 Å². The molecule has 30 heavy (non-hydrogen) atoms. The maximum absolute atomic E-state index is 11.8. The number of aromatic amines is 1. The molecule has 9 nitrogen and oxygen atoms in total. The van der Waals surface area contributed by atoms with Crippen LogP contribution in [0, 0.1) is 0 Å². The maximum atomic E-state index is 11.8. The number of aromatic nitrogens is 3. The molecule has 0 radical (unpaired) electrons. The van der Waals surface area contributed by atoms with E-state index in [1.807, 2.05) is 0 Å². The van der Waals surface area contributed by atoms with Crippen LogP contribution in [0.4, 0.5) is 0 Å². The van der Waals surface area contributed by atoms with Gasteiger partial charge < -0.3 is 28.4 Å². The molecule has 152 valence electrons. The van der Waals surface area contributed by atoms with Crippen molar-refractivity contribution in [2.24, 2.45) is 0 Å². The minimum Gasteiger partial charge on any atom is -0.791 e. The van der Waals surface area contributed by atoms with Gasteiger partial charge in [-0.15, -0.1) is 0 Å². The Morgan fingerprint density at radius 2 is 1.77 bits per heavy atom. The van der Waals surface area contributed by atoms with Crippen LogP contribution in [0.2, 0.25) is 0 Å². The fraction of sp³-hybridized carbons (Fsp3) is 0.222.